The number of hydrogen-bond donors (Lipinski definition) is 0. The monoisotopic (exact) mass is 404 g/mol. The minimum atomic E-state index is -0.787. The third-order valence-electron chi connectivity index (χ3n) is 8.22. The molecule has 2 spiro atoms. The minimum absolute atomic E-state index is 0.135. The van der Waals surface area contributed by atoms with Crippen LogP contribution in [0.4, 0.5) is 0 Å². The standard InChI is InChI=1S/C26H32N2O2/c1-18-27-26(24(29)28(18)2)23-16-20(9-8-19-6-4-5-7-19)10-11-21(23)17-25(26)14-12-22(30-3)13-15-25/h10-11,16,19,22H,4-7,12-15,17H2,1-3H3. The molecular weight excluding hydrogens is 372 g/mol. The van der Waals surface area contributed by atoms with Crippen LogP contribution in [-0.4, -0.2) is 36.9 Å². The van der Waals surface area contributed by atoms with Gasteiger partial charge in [0.1, 0.15) is 5.84 Å². The van der Waals surface area contributed by atoms with Crippen LogP contribution in [0, 0.1) is 23.2 Å². The van der Waals surface area contributed by atoms with Gasteiger partial charge in [0.15, 0.2) is 5.54 Å². The zero-order chi connectivity index (χ0) is 20.9. The fraction of sp³-hybridized carbons (Fsp3) is 0.615. The lowest BCUT2D eigenvalue weighted by atomic mass is 9.61. The molecule has 0 bridgehead atoms. The van der Waals surface area contributed by atoms with E-state index in [1.54, 1.807) is 12.0 Å². The molecule has 5 rings (SSSR count). The number of rotatable bonds is 1. The smallest absolute Gasteiger partial charge is 0.260 e. The fourth-order valence-corrected chi connectivity index (χ4v) is 6.37. The van der Waals surface area contributed by atoms with Crippen molar-refractivity contribution in [3.05, 3.63) is 34.9 Å². The van der Waals surface area contributed by atoms with Crippen LogP contribution in [-0.2, 0) is 21.5 Å². The molecule has 4 aliphatic rings. The lowest BCUT2D eigenvalue weighted by Gasteiger charge is -2.45. The predicted octanol–water partition coefficient (Wildman–Crippen LogP) is 4.45. The lowest BCUT2D eigenvalue weighted by Crippen LogP contribution is -2.51. The maximum absolute atomic E-state index is 13.7. The van der Waals surface area contributed by atoms with Crippen molar-refractivity contribution in [1.82, 2.24) is 4.90 Å². The van der Waals surface area contributed by atoms with Crippen molar-refractivity contribution in [2.75, 3.05) is 14.2 Å². The number of amides is 1. The second-order valence-corrected chi connectivity index (χ2v) is 9.75. The van der Waals surface area contributed by atoms with E-state index in [0.717, 1.165) is 49.1 Å². The van der Waals surface area contributed by atoms with Crippen LogP contribution < -0.4 is 0 Å². The van der Waals surface area contributed by atoms with Crippen molar-refractivity contribution in [2.24, 2.45) is 16.3 Å². The largest absolute Gasteiger partial charge is 0.381 e. The van der Waals surface area contributed by atoms with E-state index in [4.69, 9.17) is 9.73 Å². The Bertz CT molecular complexity index is 955. The number of hydrogen-bond acceptors (Lipinski definition) is 3. The molecule has 0 aromatic heterocycles. The minimum Gasteiger partial charge on any atom is -0.381 e. The Kier molecular flexibility index (Phi) is 4.78. The van der Waals surface area contributed by atoms with Crippen molar-refractivity contribution >= 4 is 11.7 Å². The number of ether oxygens (including phenoxy) is 1. The maximum atomic E-state index is 13.7. The molecule has 3 aliphatic carbocycles. The van der Waals surface area contributed by atoms with Gasteiger partial charge >= 0.3 is 0 Å². The van der Waals surface area contributed by atoms with Crippen LogP contribution in [0.1, 0.15) is 75.0 Å². The first-order valence-electron chi connectivity index (χ1n) is 11.5. The van der Waals surface area contributed by atoms with Crippen LogP contribution in [0.5, 0.6) is 0 Å². The Morgan fingerprint density at radius 3 is 2.53 bits per heavy atom. The summed E-state index contributed by atoms with van der Waals surface area (Å²) < 4.78 is 5.64. The second-order valence-electron chi connectivity index (χ2n) is 9.75. The number of fused-ring (bicyclic) bond motifs is 3. The average molecular weight is 405 g/mol. The molecule has 2 fully saturated rings. The molecule has 4 nitrogen and oxygen atoms in total. The summed E-state index contributed by atoms with van der Waals surface area (Å²) in [6.45, 7) is 1.96. The first-order valence-corrected chi connectivity index (χ1v) is 11.5. The van der Waals surface area contributed by atoms with Crippen molar-refractivity contribution in [3.8, 4) is 11.8 Å². The lowest BCUT2D eigenvalue weighted by molar-refractivity contribution is -0.137. The predicted molar refractivity (Wildman–Crippen MR) is 118 cm³/mol. The third kappa shape index (κ3) is 2.78. The van der Waals surface area contributed by atoms with Gasteiger partial charge in [0.2, 0.25) is 0 Å². The highest BCUT2D eigenvalue weighted by molar-refractivity contribution is 6.08. The second kappa shape index (κ2) is 7.24. The van der Waals surface area contributed by atoms with Gasteiger partial charge in [-0.1, -0.05) is 30.7 Å². The van der Waals surface area contributed by atoms with Gasteiger partial charge in [-0.3, -0.25) is 9.79 Å². The van der Waals surface area contributed by atoms with Crippen LogP contribution >= 0.6 is 0 Å². The highest BCUT2D eigenvalue weighted by Crippen LogP contribution is 2.62. The SMILES string of the molecule is COC1CCC2(CC1)Cc1ccc(C#CC3CCCC3)cc1C21N=C(C)N(C)C1=O. The van der Waals surface area contributed by atoms with Gasteiger partial charge in [-0.05, 0) is 75.1 Å². The van der Waals surface area contributed by atoms with E-state index in [1.807, 2.05) is 14.0 Å². The summed E-state index contributed by atoms with van der Waals surface area (Å²) in [6, 6.07) is 6.54. The number of carbonyl (C=O) groups is 1. The van der Waals surface area contributed by atoms with Gasteiger partial charge in [-0.15, -0.1) is 0 Å². The number of methoxy groups -OCH3 is 1. The van der Waals surface area contributed by atoms with Crippen LogP contribution in [0.2, 0.25) is 0 Å². The quantitative estimate of drug-likeness (QED) is 0.649. The van der Waals surface area contributed by atoms with Crippen LogP contribution in [0.3, 0.4) is 0 Å². The normalized spacial score (nSPS) is 33.2. The molecule has 1 aromatic rings. The molecule has 30 heavy (non-hydrogen) atoms. The molecule has 0 radical (unpaired) electrons. The van der Waals surface area contributed by atoms with Gasteiger partial charge in [-0.2, -0.15) is 0 Å². The van der Waals surface area contributed by atoms with Crippen molar-refractivity contribution in [3.63, 3.8) is 0 Å². The van der Waals surface area contributed by atoms with E-state index in [2.05, 4.69) is 30.0 Å². The number of likely N-dealkylation sites (N-methyl/N-ethyl adjacent to an activating group) is 1. The molecule has 2 saturated carbocycles. The number of nitrogens with zero attached hydrogens (tertiary/aromatic N) is 2. The number of benzene rings is 1. The highest BCUT2D eigenvalue weighted by Gasteiger charge is 2.65. The summed E-state index contributed by atoms with van der Waals surface area (Å²) in [5.41, 5.74) is 2.47. The van der Waals surface area contributed by atoms with Crippen LogP contribution in [0.25, 0.3) is 0 Å². The van der Waals surface area contributed by atoms with Crippen LogP contribution in [0.15, 0.2) is 23.2 Å². The zero-order valence-corrected chi connectivity index (χ0v) is 18.5. The molecule has 1 aromatic carbocycles. The molecule has 4 heteroatoms. The summed E-state index contributed by atoms with van der Waals surface area (Å²) >= 11 is 0. The molecule has 1 aliphatic heterocycles. The van der Waals surface area contributed by atoms with Crippen molar-refractivity contribution < 1.29 is 9.53 Å². The zero-order valence-electron chi connectivity index (χ0n) is 18.5. The van der Waals surface area contributed by atoms with Crippen molar-refractivity contribution in [2.45, 2.75) is 76.4 Å². The van der Waals surface area contributed by atoms with Gasteiger partial charge in [0, 0.05) is 31.1 Å². The van der Waals surface area contributed by atoms with Gasteiger partial charge < -0.3 is 9.64 Å². The Balaban J connectivity index is 1.58. The molecule has 1 amide bonds. The maximum Gasteiger partial charge on any atom is 0.260 e. The summed E-state index contributed by atoms with van der Waals surface area (Å²) in [4.78, 5) is 20.6. The molecule has 158 valence electrons. The van der Waals surface area contributed by atoms with E-state index in [0.29, 0.717) is 12.0 Å². The molecule has 0 saturated heterocycles. The Morgan fingerprint density at radius 1 is 1.17 bits per heavy atom. The Morgan fingerprint density at radius 2 is 1.90 bits per heavy atom. The first-order chi connectivity index (χ1) is 14.5. The Labute approximate surface area is 180 Å². The highest BCUT2D eigenvalue weighted by atomic mass is 16.5. The third-order valence-corrected chi connectivity index (χ3v) is 8.22. The summed E-state index contributed by atoms with van der Waals surface area (Å²) in [6.07, 6.45) is 10.2. The molecule has 1 atom stereocenters. The average Bonchev–Trinajstić information content (AvgIpc) is 3.43. The number of carbonyl (C=O) groups excluding carboxylic acids is 1. The molecular formula is C26H32N2O2. The van der Waals surface area contributed by atoms with E-state index in [-0.39, 0.29) is 11.3 Å². The fourth-order valence-electron chi connectivity index (χ4n) is 6.37. The van der Waals surface area contributed by atoms with Gasteiger partial charge in [-0.25, -0.2) is 0 Å². The molecule has 0 N–H and O–H groups in total. The molecule has 1 heterocycles. The number of aliphatic imine (C=N–C) groups is 1. The number of amidine groups is 1. The van der Waals surface area contributed by atoms with E-state index >= 15 is 0 Å². The Hall–Kier alpha value is -2.12. The van der Waals surface area contributed by atoms with Crippen molar-refractivity contribution in [1.29, 1.82) is 0 Å². The summed E-state index contributed by atoms with van der Waals surface area (Å²) in [5, 5.41) is 0. The van der Waals surface area contributed by atoms with Gasteiger partial charge in [0.05, 0.1) is 6.10 Å². The topological polar surface area (TPSA) is 41.9 Å². The summed E-state index contributed by atoms with van der Waals surface area (Å²) in [7, 11) is 3.67. The van der Waals surface area contributed by atoms with Gasteiger partial charge in [0.25, 0.3) is 5.91 Å². The summed E-state index contributed by atoms with van der Waals surface area (Å²) in [5.74, 6) is 8.40. The molecule has 1 unspecified atom stereocenters. The van der Waals surface area contributed by atoms with E-state index in [1.165, 1.54) is 31.2 Å². The van der Waals surface area contributed by atoms with E-state index in [9.17, 15) is 4.79 Å². The first kappa shape index (κ1) is 19.8. The van der Waals surface area contributed by atoms with E-state index < -0.39 is 5.54 Å².